The molecule has 1 aromatic carbocycles. The summed E-state index contributed by atoms with van der Waals surface area (Å²) in [6, 6.07) is 0.760. The molecule has 1 aromatic rings. The van der Waals surface area contributed by atoms with Crippen LogP contribution in [-0.4, -0.2) is 0 Å². The first-order valence-corrected chi connectivity index (χ1v) is 4.77. The molecule has 0 unspecified atom stereocenters. The van der Waals surface area contributed by atoms with Crippen molar-refractivity contribution in [3.63, 3.8) is 0 Å². The Balaban J connectivity index is 3.46. The number of benzene rings is 1. The highest BCUT2D eigenvalue weighted by molar-refractivity contribution is 9.10. The van der Waals surface area contributed by atoms with Gasteiger partial charge < -0.3 is 0 Å². The Labute approximate surface area is 95.4 Å². The Kier molecular flexibility index (Phi) is 3.29. The molecule has 1 rings (SSSR count). The van der Waals surface area contributed by atoms with E-state index in [-0.39, 0.29) is 16.1 Å². The molecule has 0 aliphatic rings. The molecule has 0 aliphatic heterocycles. The van der Waals surface area contributed by atoms with Gasteiger partial charge in [0.1, 0.15) is 0 Å². The first kappa shape index (κ1) is 13.3. The van der Waals surface area contributed by atoms with Crippen molar-refractivity contribution < 1.29 is 26.3 Å². The molecule has 0 radical (unpaired) electrons. The molecule has 0 saturated carbocycles. The molecule has 0 spiro atoms. The molecule has 0 fully saturated rings. The third-order valence-corrected chi connectivity index (χ3v) is 2.94. The average molecular weight is 307 g/mol. The van der Waals surface area contributed by atoms with E-state index in [0.717, 1.165) is 0 Å². The second kappa shape index (κ2) is 3.94. The highest BCUT2D eigenvalue weighted by Gasteiger charge is 2.38. The fraction of sp³-hybridized carbons (Fsp3) is 0.333. The van der Waals surface area contributed by atoms with Crippen molar-refractivity contribution >= 4 is 15.9 Å². The summed E-state index contributed by atoms with van der Waals surface area (Å²) in [6.07, 6.45) is -9.60. The van der Waals surface area contributed by atoms with Gasteiger partial charge in [-0.25, -0.2) is 0 Å². The molecule has 16 heavy (non-hydrogen) atoms. The second-order valence-electron chi connectivity index (χ2n) is 3.15. The topological polar surface area (TPSA) is 0 Å². The van der Waals surface area contributed by atoms with Crippen LogP contribution in [0.15, 0.2) is 16.6 Å². The molecular weight excluding hydrogens is 302 g/mol. The van der Waals surface area contributed by atoms with Crippen molar-refractivity contribution in [3.05, 3.63) is 33.3 Å². The molecule has 0 N–H and O–H groups in total. The minimum absolute atomic E-state index is 0.0943. The fourth-order valence-corrected chi connectivity index (χ4v) is 1.59. The smallest absolute Gasteiger partial charge is 0.166 e. The highest BCUT2D eigenvalue weighted by atomic mass is 79.9. The van der Waals surface area contributed by atoms with Crippen LogP contribution in [0.4, 0.5) is 26.3 Å². The summed E-state index contributed by atoms with van der Waals surface area (Å²) in [5, 5.41) is 0. The summed E-state index contributed by atoms with van der Waals surface area (Å²) in [7, 11) is 0. The standard InChI is InChI=1S/C9H5BrF6/c1-4-2-5(8(11,12)13)3-6(7(4)10)9(14,15)16/h2-3H,1H3. The van der Waals surface area contributed by atoms with Gasteiger partial charge in [0.25, 0.3) is 0 Å². The summed E-state index contributed by atoms with van der Waals surface area (Å²) in [6.45, 7) is 1.18. The third-order valence-electron chi connectivity index (χ3n) is 1.89. The Morgan fingerprint density at radius 2 is 1.44 bits per heavy atom. The van der Waals surface area contributed by atoms with Crippen molar-refractivity contribution in [3.8, 4) is 0 Å². The van der Waals surface area contributed by atoms with Gasteiger partial charge in [-0.05, 0) is 40.5 Å². The number of rotatable bonds is 0. The maximum Gasteiger partial charge on any atom is 0.417 e. The monoisotopic (exact) mass is 306 g/mol. The number of hydrogen-bond acceptors (Lipinski definition) is 0. The summed E-state index contributed by atoms with van der Waals surface area (Å²) in [4.78, 5) is 0. The van der Waals surface area contributed by atoms with Crippen molar-refractivity contribution in [1.82, 2.24) is 0 Å². The average Bonchev–Trinajstić information content (AvgIpc) is 2.05. The van der Waals surface area contributed by atoms with Gasteiger partial charge >= 0.3 is 12.4 Å². The van der Waals surface area contributed by atoms with E-state index in [1.54, 1.807) is 0 Å². The Morgan fingerprint density at radius 1 is 0.938 bits per heavy atom. The maximum absolute atomic E-state index is 12.4. The maximum atomic E-state index is 12.4. The Bertz CT molecular complexity index is 404. The van der Waals surface area contributed by atoms with E-state index >= 15 is 0 Å². The predicted molar refractivity (Wildman–Crippen MR) is 48.9 cm³/mol. The van der Waals surface area contributed by atoms with Gasteiger partial charge in [-0.2, -0.15) is 26.3 Å². The first-order chi connectivity index (χ1) is 7.03. The van der Waals surface area contributed by atoms with Gasteiger partial charge in [0.2, 0.25) is 0 Å². The molecule has 0 aliphatic carbocycles. The normalized spacial score (nSPS) is 13.0. The van der Waals surface area contributed by atoms with Gasteiger partial charge in [0.15, 0.2) is 0 Å². The number of aryl methyl sites for hydroxylation is 1. The molecule has 0 atom stereocenters. The summed E-state index contributed by atoms with van der Waals surface area (Å²) < 4.78 is 73.7. The van der Waals surface area contributed by atoms with Crippen LogP contribution in [0.5, 0.6) is 0 Å². The number of hydrogen-bond donors (Lipinski definition) is 0. The van der Waals surface area contributed by atoms with E-state index < -0.39 is 23.5 Å². The van der Waals surface area contributed by atoms with Crippen LogP contribution in [0.25, 0.3) is 0 Å². The van der Waals surface area contributed by atoms with Gasteiger partial charge in [-0.15, -0.1) is 0 Å². The lowest BCUT2D eigenvalue weighted by Crippen LogP contribution is -2.12. The lowest BCUT2D eigenvalue weighted by atomic mass is 10.1. The molecule has 0 bridgehead atoms. The molecule has 0 heterocycles. The van der Waals surface area contributed by atoms with E-state index in [4.69, 9.17) is 0 Å². The Hall–Kier alpha value is -0.720. The highest BCUT2D eigenvalue weighted by Crippen LogP contribution is 2.40. The molecule has 90 valence electrons. The zero-order valence-corrected chi connectivity index (χ0v) is 9.39. The minimum Gasteiger partial charge on any atom is -0.166 e. The van der Waals surface area contributed by atoms with Crippen LogP contribution in [0.1, 0.15) is 16.7 Å². The van der Waals surface area contributed by atoms with Gasteiger partial charge in [0.05, 0.1) is 11.1 Å². The largest absolute Gasteiger partial charge is 0.417 e. The zero-order valence-electron chi connectivity index (χ0n) is 7.80. The summed E-state index contributed by atoms with van der Waals surface area (Å²) >= 11 is 2.63. The van der Waals surface area contributed by atoms with E-state index in [0.29, 0.717) is 6.07 Å². The number of alkyl halides is 6. The van der Waals surface area contributed by atoms with E-state index in [1.165, 1.54) is 6.92 Å². The van der Waals surface area contributed by atoms with Gasteiger partial charge in [-0.1, -0.05) is 0 Å². The van der Waals surface area contributed by atoms with Crippen LogP contribution in [-0.2, 0) is 12.4 Å². The van der Waals surface area contributed by atoms with Crippen molar-refractivity contribution in [2.45, 2.75) is 19.3 Å². The fourth-order valence-electron chi connectivity index (χ4n) is 1.14. The molecule has 0 amide bonds. The summed E-state index contributed by atoms with van der Waals surface area (Å²) in [5.74, 6) is 0. The van der Waals surface area contributed by atoms with E-state index in [2.05, 4.69) is 15.9 Å². The van der Waals surface area contributed by atoms with Crippen molar-refractivity contribution in [1.29, 1.82) is 0 Å². The second-order valence-corrected chi connectivity index (χ2v) is 3.94. The minimum atomic E-state index is -4.81. The molecule has 0 nitrogen and oxygen atoms in total. The Morgan fingerprint density at radius 3 is 1.81 bits per heavy atom. The molecule has 0 saturated heterocycles. The van der Waals surface area contributed by atoms with E-state index in [1.807, 2.05) is 0 Å². The van der Waals surface area contributed by atoms with Crippen LogP contribution in [0, 0.1) is 6.92 Å². The molecule has 0 aromatic heterocycles. The predicted octanol–water partition coefficient (Wildman–Crippen LogP) is 4.80. The van der Waals surface area contributed by atoms with Crippen LogP contribution >= 0.6 is 15.9 Å². The van der Waals surface area contributed by atoms with Crippen molar-refractivity contribution in [2.75, 3.05) is 0 Å². The first-order valence-electron chi connectivity index (χ1n) is 3.98. The molecular formula is C9H5BrF6. The van der Waals surface area contributed by atoms with Crippen LogP contribution < -0.4 is 0 Å². The van der Waals surface area contributed by atoms with Crippen LogP contribution in [0.3, 0.4) is 0 Å². The number of halogens is 7. The SMILES string of the molecule is Cc1cc(C(F)(F)F)cc(C(F)(F)F)c1Br. The van der Waals surface area contributed by atoms with Gasteiger partial charge in [-0.3, -0.25) is 0 Å². The lowest BCUT2D eigenvalue weighted by Gasteiger charge is -2.15. The van der Waals surface area contributed by atoms with Gasteiger partial charge in [0, 0.05) is 4.47 Å². The van der Waals surface area contributed by atoms with E-state index in [9.17, 15) is 26.3 Å². The third kappa shape index (κ3) is 2.69. The quantitative estimate of drug-likeness (QED) is 0.604. The van der Waals surface area contributed by atoms with Crippen molar-refractivity contribution in [2.24, 2.45) is 0 Å². The molecule has 7 heteroatoms. The lowest BCUT2D eigenvalue weighted by molar-refractivity contribution is -0.143. The summed E-state index contributed by atoms with van der Waals surface area (Å²) in [5.41, 5.74) is -2.73. The zero-order chi connectivity index (χ0) is 12.7. The van der Waals surface area contributed by atoms with Crippen LogP contribution in [0.2, 0.25) is 0 Å².